The van der Waals surface area contributed by atoms with E-state index in [1.54, 1.807) is 0 Å². The molecule has 0 amide bonds. The van der Waals surface area contributed by atoms with Crippen LogP contribution in [0.25, 0.3) is 0 Å². The Kier molecular flexibility index (Phi) is 12.6. The largest absolute Gasteiger partial charge is 0.492 e. The highest BCUT2D eigenvalue weighted by atomic mass is 32.2. The standard InChI is InChI=1S/C28H40BNO3S/c1-5-6-20-34-22-28(2,3)24-11-15-25(16-12-24)32-19-18-30(4)21-23-9-13-26(14-10-23)33-27(31)8-7-17-29/h9-16H,5-8,17-22H2,1-4H3. The molecule has 0 unspecified atom stereocenters. The summed E-state index contributed by atoms with van der Waals surface area (Å²) >= 11 is 2.04. The highest BCUT2D eigenvalue weighted by molar-refractivity contribution is 7.99. The van der Waals surface area contributed by atoms with Gasteiger partial charge in [0.15, 0.2) is 0 Å². The average Bonchev–Trinajstić information content (AvgIpc) is 2.82. The third kappa shape index (κ3) is 10.6. The van der Waals surface area contributed by atoms with Crippen molar-refractivity contribution in [3.05, 3.63) is 59.7 Å². The summed E-state index contributed by atoms with van der Waals surface area (Å²) < 4.78 is 11.3. The first-order chi connectivity index (χ1) is 16.3. The Morgan fingerprint density at radius 2 is 1.71 bits per heavy atom. The zero-order valence-corrected chi connectivity index (χ0v) is 22.2. The molecule has 2 rings (SSSR count). The van der Waals surface area contributed by atoms with E-state index in [0.717, 1.165) is 30.2 Å². The number of benzene rings is 2. The van der Waals surface area contributed by atoms with Gasteiger partial charge in [-0.25, -0.2) is 0 Å². The van der Waals surface area contributed by atoms with Crippen molar-refractivity contribution < 1.29 is 14.3 Å². The van der Waals surface area contributed by atoms with E-state index in [1.165, 1.54) is 24.2 Å². The second-order valence-corrected chi connectivity index (χ2v) is 10.5. The topological polar surface area (TPSA) is 38.8 Å². The van der Waals surface area contributed by atoms with Crippen molar-refractivity contribution in [2.24, 2.45) is 0 Å². The van der Waals surface area contributed by atoms with E-state index in [-0.39, 0.29) is 11.4 Å². The Labute approximate surface area is 212 Å². The molecule has 0 aliphatic rings. The van der Waals surface area contributed by atoms with Crippen molar-refractivity contribution >= 4 is 25.6 Å². The summed E-state index contributed by atoms with van der Waals surface area (Å²) in [5, 5.41) is 0. The van der Waals surface area contributed by atoms with Crippen LogP contribution in [0.15, 0.2) is 48.5 Å². The molecular formula is C28H40BNO3S. The molecule has 0 N–H and O–H groups in total. The van der Waals surface area contributed by atoms with Crippen LogP contribution in [-0.4, -0.2) is 50.4 Å². The predicted octanol–water partition coefficient (Wildman–Crippen LogP) is 6.28. The van der Waals surface area contributed by atoms with Crippen molar-refractivity contribution in [3.63, 3.8) is 0 Å². The Balaban J connectivity index is 1.72. The molecule has 0 saturated carbocycles. The van der Waals surface area contributed by atoms with Gasteiger partial charge >= 0.3 is 5.97 Å². The van der Waals surface area contributed by atoms with Crippen LogP contribution >= 0.6 is 11.8 Å². The van der Waals surface area contributed by atoms with Gasteiger partial charge in [0.1, 0.15) is 18.1 Å². The number of likely N-dealkylation sites (N-methyl/N-ethyl adjacent to an activating group) is 1. The molecule has 0 heterocycles. The summed E-state index contributed by atoms with van der Waals surface area (Å²) in [6.45, 7) is 9.12. The van der Waals surface area contributed by atoms with E-state index in [4.69, 9.17) is 17.3 Å². The number of unbranched alkanes of at least 4 members (excludes halogenated alkanes) is 1. The van der Waals surface area contributed by atoms with Gasteiger partial charge in [0.2, 0.25) is 0 Å². The predicted molar refractivity (Wildman–Crippen MR) is 145 cm³/mol. The van der Waals surface area contributed by atoms with Crippen molar-refractivity contribution in [3.8, 4) is 11.5 Å². The molecule has 0 aromatic heterocycles. The highest BCUT2D eigenvalue weighted by Crippen LogP contribution is 2.29. The molecule has 0 bridgehead atoms. The van der Waals surface area contributed by atoms with Crippen LogP contribution in [0.1, 0.15) is 57.6 Å². The number of carbonyl (C=O) groups excluding carboxylic acids is 1. The lowest BCUT2D eigenvalue weighted by Gasteiger charge is -2.25. The SMILES string of the molecule is [B]CCCC(=O)Oc1ccc(CN(C)CCOc2ccc(C(C)(C)CSCCCC)cc2)cc1. The quantitative estimate of drug-likeness (QED) is 0.122. The molecule has 6 heteroatoms. The van der Waals surface area contributed by atoms with Gasteiger partial charge in [-0.1, -0.05) is 64.2 Å². The molecule has 0 aliphatic heterocycles. The number of ether oxygens (including phenoxy) is 2. The zero-order chi connectivity index (χ0) is 24.8. The maximum absolute atomic E-state index is 11.7. The molecule has 0 spiro atoms. The van der Waals surface area contributed by atoms with Crippen molar-refractivity contribution in [2.75, 3.05) is 31.7 Å². The zero-order valence-electron chi connectivity index (χ0n) is 21.3. The minimum Gasteiger partial charge on any atom is -0.492 e. The molecular weight excluding hydrogens is 441 g/mol. The van der Waals surface area contributed by atoms with Crippen LogP contribution in [0.4, 0.5) is 0 Å². The number of carbonyl (C=O) groups is 1. The Morgan fingerprint density at radius 1 is 1.03 bits per heavy atom. The Morgan fingerprint density at radius 3 is 2.35 bits per heavy atom. The smallest absolute Gasteiger partial charge is 0.311 e. The fourth-order valence-electron chi connectivity index (χ4n) is 3.46. The molecule has 2 aromatic rings. The van der Waals surface area contributed by atoms with Gasteiger partial charge in [-0.15, -0.1) is 0 Å². The first-order valence-corrected chi connectivity index (χ1v) is 13.5. The van der Waals surface area contributed by atoms with Crippen LogP contribution in [0.5, 0.6) is 11.5 Å². The lowest BCUT2D eigenvalue weighted by atomic mass is 9.87. The van der Waals surface area contributed by atoms with E-state index < -0.39 is 0 Å². The molecule has 2 radical (unpaired) electrons. The van der Waals surface area contributed by atoms with Crippen LogP contribution in [0.3, 0.4) is 0 Å². The van der Waals surface area contributed by atoms with E-state index in [2.05, 4.69) is 57.0 Å². The highest BCUT2D eigenvalue weighted by Gasteiger charge is 2.20. The summed E-state index contributed by atoms with van der Waals surface area (Å²) in [5.74, 6) is 3.61. The molecule has 4 nitrogen and oxygen atoms in total. The van der Waals surface area contributed by atoms with Gasteiger partial charge in [-0.3, -0.25) is 9.69 Å². The summed E-state index contributed by atoms with van der Waals surface area (Å²) in [6.07, 6.45) is 4.03. The summed E-state index contributed by atoms with van der Waals surface area (Å²) in [5.41, 5.74) is 2.68. The van der Waals surface area contributed by atoms with E-state index >= 15 is 0 Å². The maximum Gasteiger partial charge on any atom is 0.311 e. The number of esters is 1. The summed E-state index contributed by atoms with van der Waals surface area (Å²) in [6, 6.07) is 16.2. The third-order valence-electron chi connectivity index (χ3n) is 5.68. The van der Waals surface area contributed by atoms with E-state index in [1.807, 2.05) is 36.0 Å². The van der Waals surface area contributed by atoms with Gasteiger partial charge in [-0.05, 0) is 60.0 Å². The fourth-order valence-corrected chi connectivity index (χ4v) is 4.78. The Bertz CT molecular complexity index is 840. The van der Waals surface area contributed by atoms with Crippen LogP contribution in [0, 0.1) is 0 Å². The minimum atomic E-state index is -0.241. The monoisotopic (exact) mass is 481 g/mol. The first kappa shape index (κ1) is 28.3. The van der Waals surface area contributed by atoms with E-state index in [9.17, 15) is 4.79 Å². The van der Waals surface area contributed by atoms with Crippen molar-refractivity contribution in [1.29, 1.82) is 0 Å². The molecule has 184 valence electrons. The van der Waals surface area contributed by atoms with Gasteiger partial charge in [0.05, 0.1) is 7.85 Å². The first-order valence-electron chi connectivity index (χ1n) is 12.3. The van der Waals surface area contributed by atoms with Crippen molar-refractivity contribution in [2.45, 2.75) is 64.7 Å². The molecule has 0 aliphatic carbocycles. The lowest BCUT2D eigenvalue weighted by Crippen LogP contribution is -2.24. The molecule has 0 saturated heterocycles. The second kappa shape index (κ2) is 15.2. The molecule has 2 aromatic carbocycles. The van der Waals surface area contributed by atoms with Crippen LogP contribution in [0.2, 0.25) is 6.32 Å². The van der Waals surface area contributed by atoms with Gasteiger partial charge in [0, 0.05) is 25.3 Å². The fraction of sp³-hybridized carbons (Fsp3) is 0.536. The third-order valence-corrected chi connectivity index (χ3v) is 7.18. The number of rotatable bonds is 16. The summed E-state index contributed by atoms with van der Waals surface area (Å²) in [7, 11) is 7.50. The van der Waals surface area contributed by atoms with Crippen LogP contribution in [-0.2, 0) is 16.8 Å². The number of thioether (sulfide) groups is 1. The number of hydrogen-bond donors (Lipinski definition) is 0. The second-order valence-electron chi connectivity index (χ2n) is 9.41. The summed E-state index contributed by atoms with van der Waals surface area (Å²) in [4.78, 5) is 13.9. The van der Waals surface area contributed by atoms with Crippen LogP contribution < -0.4 is 9.47 Å². The Hall–Kier alpha value is -1.92. The van der Waals surface area contributed by atoms with Gasteiger partial charge in [0.25, 0.3) is 0 Å². The average molecular weight is 482 g/mol. The molecule has 0 atom stereocenters. The van der Waals surface area contributed by atoms with E-state index in [0.29, 0.717) is 31.5 Å². The normalized spacial score (nSPS) is 11.6. The number of nitrogens with zero attached hydrogens (tertiary/aromatic N) is 1. The maximum atomic E-state index is 11.7. The van der Waals surface area contributed by atoms with Gasteiger partial charge < -0.3 is 9.47 Å². The molecule has 34 heavy (non-hydrogen) atoms. The van der Waals surface area contributed by atoms with Crippen molar-refractivity contribution in [1.82, 2.24) is 4.90 Å². The minimum absolute atomic E-state index is 0.162. The molecule has 0 fully saturated rings. The number of hydrogen-bond acceptors (Lipinski definition) is 5. The lowest BCUT2D eigenvalue weighted by molar-refractivity contribution is -0.134. The van der Waals surface area contributed by atoms with Gasteiger partial charge in [-0.2, -0.15) is 11.8 Å².